The van der Waals surface area contributed by atoms with Crippen molar-refractivity contribution in [1.29, 1.82) is 0 Å². The third-order valence-corrected chi connectivity index (χ3v) is 2.99. The summed E-state index contributed by atoms with van der Waals surface area (Å²) >= 11 is 0. The molecule has 0 unspecified atom stereocenters. The summed E-state index contributed by atoms with van der Waals surface area (Å²) < 4.78 is 5.59. The molecular weight excluding hydrogens is 188 g/mol. The number of nitrogens with zero attached hydrogens (tertiary/aromatic N) is 1. The molecule has 0 spiro atoms. The van der Waals surface area contributed by atoms with Crippen LogP contribution in [0.1, 0.15) is 31.4 Å². The summed E-state index contributed by atoms with van der Waals surface area (Å²) in [5.74, 6) is 1.60. The van der Waals surface area contributed by atoms with Crippen LogP contribution in [0.25, 0.3) is 0 Å². The second-order valence-corrected chi connectivity index (χ2v) is 4.11. The molecule has 1 aromatic rings. The van der Waals surface area contributed by atoms with Crippen molar-refractivity contribution in [3.8, 4) is 5.88 Å². The fraction of sp³-hybridized carbons (Fsp3) is 0.583. The van der Waals surface area contributed by atoms with Crippen molar-refractivity contribution in [3.63, 3.8) is 0 Å². The Morgan fingerprint density at radius 2 is 2.27 bits per heavy atom. The number of hydrogen-bond donors (Lipinski definition) is 1. The molecule has 15 heavy (non-hydrogen) atoms. The summed E-state index contributed by atoms with van der Waals surface area (Å²) in [5.41, 5.74) is 6.39. The molecule has 1 aliphatic rings. The molecule has 3 nitrogen and oxygen atoms in total. The smallest absolute Gasteiger partial charge is 0.213 e. The molecule has 1 aliphatic carbocycles. The highest BCUT2D eigenvalue weighted by Crippen LogP contribution is 2.29. The molecule has 1 fully saturated rings. The summed E-state index contributed by atoms with van der Waals surface area (Å²) in [7, 11) is 0. The quantitative estimate of drug-likeness (QED) is 0.802. The number of rotatable bonds is 5. The summed E-state index contributed by atoms with van der Waals surface area (Å²) in [4.78, 5) is 4.28. The number of nitrogens with two attached hydrogens (primary N) is 1. The first-order valence-corrected chi connectivity index (χ1v) is 5.67. The van der Waals surface area contributed by atoms with Crippen molar-refractivity contribution in [2.24, 2.45) is 11.7 Å². The van der Waals surface area contributed by atoms with Gasteiger partial charge in [-0.25, -0.2) is 4.98 Å². The van der Waals surface area contributed by atoms with Crippen LogP contribution in [-0.4, -0.2) is 11.6 Å². The lowest BCUT2D eigenvalue weighted by molar-refractivity contribution is 0.217. The van der Waals surface area contributed by atoms with Gasteiger partial charge in [0, 0.05) is 12.6 Å². The first-order chi connectivity index (χ1) is 7.38. The van der Waals surface area contributed by atoms with E-state index in [1.165, 1.54) is 19.3 Å². The van der Waals surface area contributed by atoms with Gasteiger partial charge in [0.1, 0.15) is 0 Å². The molecule has 82 valence electrons. The first kappa shape index (κ1) is 10.4. The highest BCUT2D eigenvalue weighted by atomic mass is 16.5. The first-order valence-electron chi connectivity index (χ1n) is 5.67. The van der Waals surface area contributed by atoms with Gasteiger partial charge in [0.25, 0.3) is 0 Å². The third kappa shape index (κ3) is 2.93. The topological polar surface area (TPSA) is 48.1 Å². The van der Waals surface area contributed by atoms with Crippen LogP contribution >= 0.6 is 0 Å². The third-order valence-electron chi connectivity index (χ3n) is 2.99. The minimum absolute atomic E-state index is 0.472. The second-order valence-electron chi connectivity index (χ2n) is 4.11. The van der Waals surface area contributed by atoms with E-state index in [0.717, 1.165) is 24.6 Å². The Hall–Kier alpha value is -1.09. The molecule has 1 aromatic heterocycles. The Bertz CT molecular complexity index is 310. The maximum absolute atomic E-state index is 5.59. The van der Waals surface area contributed by atoms with E-state index in [-0.39, 0.29) is 0 Å². The fourth-order valence-electron chi connectivity index (χ4n) is 1.76. The minimum Gasteiger partial charge on any atom is -0.478 e. The predicted molar refractivity (Wildman–Crippen MR) is 59.6 cm³/mol. The highest BCUT2D eigenvalue weighted by Gasteiger charge is 2.16. The van der Waals surface area contributed by atoms with Crippen LogP contribution in [0.3, 0.4) is 0 Å². The van der Waals surface area contributed by atoms with Gasteiger partial charge in [-0.2, -0.15) is 0 Å². The van der Waals surface area contributed by atoms with E-state index < -0.39 is 0 Å². The largest absolute Gasteiger partial charge is 0.478 e. The van der Waals surface area contributed by atoms with E-state index in [0.29, 0.717) is 12.4 Å². The fourth-order valence-corrected chi connectivity index (χ4v) is 1.76. The lowest BCUT2D eigenvalue weighted by atomic mass is 9.83. The Morgan fingerprint density at radius 3 is 2.93 bits per heavy atom. The number of hydrogen-bond acceptors (Lipinski definition) is 3. The Morgan fingerprint density at radius 1 is 1.40 bits per heavy atom. The van der Waals surface area contributed by atoms with Crippen molar-refractivity contribution in [1.82, 2.24) is 4.98 Å². The van der Waals surface area contributed by atoms with E-state index in [1.54, 1.807) is 0 Å². The van der Waals surface area contributed by atoms with Gasteiger partial charge in [-0.15, -0.1) is 0 Å². The zero-order valence-electron chi connectivity index (χ0n) is 8.98. The van der Waals surface area contributed by atoms with Gasteiger partial charge in [-0.05, 0) is 18.4 Å². The highest BCUT2D eigenvalue weighted by molar-refractivity contribution is 5.15. The number of aromatic nitrogens is 1. The Labute approximate surface area is 90.7 Å². The molecule has 0 radical (unpaired) electrons. The molecule has 0 amide bonds. The van der Waals surface area contributed by atoms with Crippen LogP contribution in [0.4, 0.5) is 0 Å². The van der Waals surface area contributed by atoms with Crippen molar-refractivity contribution in [2.75, 3.05) is 6.61 Å². The minimum atomic E-state index is 0.472. The van der Waals surface area contributed by atoms with Crippen LogP contribution in [0.5, 0.6) is 5.88 Å². The molecule has 2 N–H and O–H groups in total. The predicted octanol–water partition coefficient (Wildman–Crippen LogP) is 2.11. The molecule has 2 rings (SSSR count). The molecular formula is C12H18N2O. The number of pyridine rings is 1. The van der Waals surface area contributed by atoms with Gasteiger partial charge in [-0.3, -0.25) is 0 Å². The average Bonchev–Trinajstić information content (AvgIpc) is 2.22. The van der Waals surface area contributed by atoms with Gasteiger partial charge in [0.05, 0.1) is 12.3 Å². The van der Waals surface area contributed by atoms with Crippen LogP contribution in [0, 0.1) is 5.92 Å². The molecule has 0 atom stereocenters. The van der Waals surface area contributed by atoms with Gasteiger partial charge in [0.15, 0.2) is 0 Å². The van der Waals surface area contributed by atoms with Crippen molar-refractivity contribution in [3.05, 3.63) is 23.9 Å². The second kappa shape index (κ2) is 5.12. The van der Waals surface area contributed by atoms with E-state index >= 15 is 0 Å². The molecule has 0 aromatic carbocycles. The Balaban J connectivity index is 1.76. The van der Waals surface area contributed by atoms with Crippen molar-refractivity contribution >= 4 is 0 Å². The van der Waals surface area contributed by atoms with Crippen LogP contribution < -0.4 is 10.5 Å². The van der Waals surface area contributed by atoms with Crippen molar-refractivity contribution in [2.45, 2.75) is 32.2 Å². The molecule has 1 heterocycles. The maximum atomic E-state index is 5.59. The molecule has 0 saturated heterocycles. The average molecular weight is 206 g/mol. The zero-order chi connectivity index (χ0) is 10.5. The van der Waals surface area contributed by atoms with Crippen LogP contribution in [-0.2, 0) is 6.54 Å². The van der Waals surface area contributed by atoms with Crippen LogP contribution in [0.15, 0.2) is 18.2 Å². The molecule has 1 saturated carbocycles. The maximum Gasteiger partial charge on any atom is 0.213 e. The molecule has 3 heteroatoms. The lowest BCUT2D eigenvalue weighted by Gasteiger charge is -2.24. The van der Waals surface area contributed by atoms with E-state index in [2.05, 4.69) is 4.98 Å². The van der Waals surface area contributed by atoms with Gasteiger partial charge >= 0.3 is 0 Å². The summed E-state index contributed by atoms with van der Waals surface area (Å²) in [5, 5.41) is 0. The van der Waals surface area contributed by atoms with Crippen LogP contribution in [0.2, 0.25) is 0 Å². The molecule has 0 aliphatic heterocycles. The van der Waals surface area contributed by atoms with E-state index in [1.807, 2.05) is 18.2 Å². The van der Waals surface area contributed by atoms with Gasteiger partial charge < -0.3 is 10.5 Å². The Kier molecular flexibility index (Phi) is 3.56. The summed E-state index contributed by atoms with van der Waals surface area (Å²) in [6, 6.07) is 5.74. The van der Waals surface area contributed by atoms with Crippen molar-refractivity contribution < 1.29 is 4.74 Å². The standard InChI is InChI=1S/C12H18N2O/c13-9-11-5-2-6-12(14-11)15-8-7-10-3-1-4-10/h2,5-6,10H,1,3-4,7-9,13H2. The SMILES string of the molecule is NCc1cccc(OCCC2CCC2)n1. The van der Waals surface area contributed by atoms with E-state index in [9.17, 15) is 0 Å². The normalized spacial score (nSPS) is 16.1. The van der Waals surface area contributed by atoms with Gasteiger partial charge in [-0.1, -0.05) is 25.3 Å². The summed E-state index contributed by atoms with van der Waals surface area (Å²) in [6.07, 6.45) is 5.30. The monoisotopic (exact) mass is 206 g/mol. The van der Waals surface area contributed by atoms with E-state index in [4.69, 9.17) is 10.5 Å². The number of ether oxygens (including phenoxy) is 1. The molecule has 0 bridgehead atoms. The summed E-state index contributed by atoms with van der Waals surface area (Å²) in [6.45, 7) is 1.26. The van der Waals surface area contributed by atoms with Gasteiger partial charge in [0.2, 0.25) is 5.88 Å². The lowest BCUT2D eigenvalue weighted by Crippen LogP contribution is -2.14. The zero-order valence-corrected chi connectivity index (χ0v) is 8.98.